The van der Waals surface area contributed by atoms with Crippen LogP contribution < -0.4 is 0 Å². The van der Waals surface area contributed by atoms with Crippen molar-refractivity contribution in [2.24, 2.45) is 0 Å². The number of carbonyl (C=O) groups is 2. The van der Waals surface area contributed by atoms with E-state index >= 15 is 0 Å². The molecule has 1 amide bonds. The number of rotatable bonds is 9. The van der Waals surface area contributed by atoms with Gasteiger partial charge in [0.05, 0.1) is 12.0 Å². The van der Waals surface area contributed by atoms with E-state index in [1.165, 1.54) is 11.1 Å². The molecule has 0 saturated carbocycles. The van der Waals surface area contributed by atoms with Crippen molar-refractivity contribution in [1.82, 2.24) is 9.88 Å². The number of carboxylic acid groups (broad SMARTS) is 1. The monoisotopic (exact) mass is 280 g/mol. The second-order valence-electron chi connectivity index (χ2n) is 4.23. The number of pyridine rings is 1. The van der Waals surface area contributed by atoms with E-state index in [0.717, 1.165) is 0 Å². The number of hydrogen-bond donors (Lipinski definition) is 1. The van der Waals surface area contributed by atoms with E-state index in [9.17, 15) is 9.59 Å². The second-order valence-corrected chi connectivity index (χ2v) is 4.23. The molecule has 0 aliphatic carbocycles. The zero-order valence-electron chi connectivity index (χ0n) is 11.6. The third kappa shape index (κ3) is 5.79. The van der Waals surface area contributed by atoms with Crippen LogP contribution in [0.25, 0.3) is 0 Å². The lowest BCUT2D eigenvalue weighted by molar-refractivity contribution is -0.137. The van der Waals surface area contributed by atoms with E-state index in [-0.39, 0.29) is 18.9 Å². The van der Waals surface area contributed by atoms with Crippen molar-refractivity contribution in [1.29, 1.82) is 0 Å². The molecule has 0 spiro atoms. The van der Waals surface area contributed by atoms with Crippen LogP contribution in [-0.2, 0) is 9.53 Å². The summed E-state index contributed by atoms with van der Waals surface area (Å²) < 4.78 is 5.23. The highest BCUT2D eigenvalue weighted by Gasteiger charge is 2.16. The Bertz CT molecular complexity index is 422. The minimum atomic E-state index is -0.918. The van der Waals surface area contributed by atoms with Crippen LogP contribution in [-0.4, -0.2) is 53.2 Å². The van der Waals surface area contributed by atoms with E-state index in [0.29, 0.717) is 31.7 Å². The molecule has 1 rings (SSSR count). The zero-order valence-corrected chi connectivity index (χ0v) is 11.6. The molecule has 1 aromatic rings. The Hall–Kier alpha value is -1.95. The van der Waals surface area contributed by atoms with Crippen LogP contribution in [0.2, 0.25) is 0 Å². The van der Waals surface area contributed by atoms with Gasteiger partial charge in [0.15, 0.2) is 0 Å². The van der Waals surface area contributed by atoms with Gasteiger partial charge in [0.2, 0.25) is 0 Å². The Morgan fingerprint density at radius 3 is 2.80 bits per heavy atom. The first-order valence-corrected chi connectivity index (χ1v) is 6.64. The normalized spacial score (nSPS) is 10.2. The highest BCUT2D eigenvalue weighted by atomic mass is 16.5. The smallest absolute Gasteiger partial charge is 0.305 e. The van der Waals surface area contributed by atoms with Gasteiger partial charge < -0.3 is 14.7 Å². The minimum absolute atomic E-state index is 0.0688. The average molecular weight is 280 g/mol. The average Bonchev–Trinajstić information content (AvgIpc) is 2.46. The van der Waals surface area contributed by atoms with Gasteiger partial charge in [0, 0.05) is 38.7 Å². The van der Waals surface area contributed by atoms with Crippen LogP contribution in [0, 0.1) is 0 Å². The van der Waals surface area contributed by atoms with Crippen molar-refractivity contribution >= 4 is 11.9 Å². The van der Waals surface area contributed by atoms with E-state index < -0.39 is 5.97 Å². The molecule has 1 heterocycles. The lowest BCUT2D eigenvalue weighted by Crippen LogP contribution is -2.34. The first-order valence-electron chi connectivity index (χ1n) is 6.64. The quantitative estimate of drug-likeness (QED) is 0.692. The maximum Gasteiger partial charge on any atom is 0.305 e. The molecule has 1 N–H and O–H groups in total. The van der Waals surface area contributed by atoms with Gasteiger partial charge in [0.25, 0.3) is 5.91 Å². The molecule has 0 bridgehead atoms. The van der Waals surface area contributed by atoms with Crippen molar-refractivity contribution in [2.45, 2.75) is 19.8 Å². The van der Waals surface area contributed by atoms with Crippen molar-refractivity contribution in [2.75, 3.05) is 26.3 Å². The predicted molar refractivity (Wildman–Crippen MR) is 73.5 cm³/mol. The highest BCUT2D eigenvalue weighted by Crippen LogP contribution is 2.05. The molecule has 6 nitrogen and oxygen atoms in total. The van der Waals surface area contributed by atoms with Gasteiger partial charge in [0.1, 0.15) is 0 Å². The molecule has 0 fully saturated rings. The number of aliphatic carboxylic acids is 1. The summed E-state index contributed by atoms with van der Waals surface area (Å²) in [6.45, 7) is 3.76. The number of hydrogen-bond acceptors (Lipinski definition) is 4. The van der Waals surface area contributed by atoms with Crippen LogP contribution in [0.4, 0.5) is 0 Å². The number of carboxylic acids is 1. The summed E-state index contributed by atoms with van der Waals surface area (Å²) in [5, 5.41) is 8.75. The fraction of sp³-hybridized carbons (Fsp3) is 0.500. The lowest BCUT2D eigenvalue weighted by Gasteiger charge is -2.22. The van der Waals surface area contributed by atoms with Crippen molar-refractivity contribution in [3.8, 4) is 0 Å². The third-order valence-corrected chi connectivity index (χ3v) is 2.71. The number of ether oxygens (including phenoxy) is 1. The molecule has 6 heteroatoms. The molecule has 0 aliphatic rings. The Morgan fingerprint density at radius 1 is 1.40 bits per heavy atom. The maximum atomic E-state index is 12.3. The lowest BCUT2D eigenvalue weighted by atomic mass is 10.2. The molecule has 0 radical (unpaired) electrons. The summed E-state index contributed by atoms with van der Waals surface area (Å²) in [4.78, 5) is 28.4. The number of nitrogens with zero attached hydrogens (tertiary/aromatic N) is 2. The molecule has 0 saturated heterocycles. The first kappa shape index (κ1) is 16.1. The predicted octanol–water partition coefficient (Wildman–Crippen LogP) is 1.43. The minimum Gasteiger partial charge on any atom is -0.481 e. The van der Waals surface area contributed by atoms with Crippen LogP contribution in [0.5, 0.6) is 0 Å². The summed E-state index contributed by atoms with van der Waals surface area (Å²) in [7, 11) is 0. The van der Waals surface area contributed by atoms with Crippen molar-refractivity contribution < 1.29 is 19.4 Å². The molecule has 0 atom stereocenters. The summed E-state index contributed by atoms with van der Waals surface area (Å²) in [5.41, 5.74) is 0.467. The van der Waals surface area contributed by atoms with Crippen molar-refractivity contribution in [3.05, 3.63) is 30.1 Å². The van der Waals surface area contributed by atoms with E-state index in [1.54, 1.807) is 18.3 Å². The van der Waals surface area contributed by atoms with E-state index in [1.807, 2.05) is 6.92 Å². The fourth-order valence-electron chi connectivity index (χ4n) is 1.72. The van der Waals surface area contributed by atoms with Crippen LogP contribution in [0.1, 0.15) is 30.1 Å². The van der Waals surface area contributed by atoms with Crippen LogP contribution >= 0.6 is 0 Å². The molecule has 0 aromatic carbocycles. The van der Waals surface area contributed by atoms with Gasteiger partial charge >= 0.3 is 5.97 Å². The number of carbonyl (C=O) groups excluding carboxylic acids is 1. The largest absolute Gasteiger partial charge is 0.481 e. The van der Waals surface area contributed by atoms with Crippen LogP contribution in [0.15, 0.2) is 24.5 Å². The summed E-state index contributed by atoms with van der Waals surface area (Å²) in [6.07, 6.45) is 3.69. The maximum absolute atomic E-state index is 12.3. The van der Waals surface area contributed by atoms with Gasteiger partial charge in [-0.1, -0.05) is 0 Å². The topological polar surface area (TPSA) is 79.7 Å². The summed E-state index contributed by atoms with van der Waals surface area (Å²) in [5.74, 6) is -1.12. The highest BCUT2D eigenvalue weighted by molar-refractivity contribution is 5.94. The molecule has 0 aliphatic heterocycles. The summed E-state index contributed by atoms with van der Waals surface area (Å²) in [6, 6.07) is 3.36. The molecular formula is C14H20N2O4. The van der Waals surface area contributed by atoms with Gasteiger partial charge in [-0.05, 0) is 25.5 Å². The molecule has 110 valence electrons. The van der Waals surface area contributed by atoms with Crippen LogP contribution in [0.3, 0.4) is 0 Å². The Morgan fingerprint density at radius 2 is 2.20 bits per heavy atom. The first-order chi connectivity index (χ1) is 9.65. The Kier molecular flexibility index (Phi) is 7.27. The van der Waals surface area contributed by atoms with E-state index in [4.69, 9.17) is 9.84 Å². The molecule has 0 unspecified atom stereocenters. The van der Waals surface area contributed by atoms with Gasteiger partial charge in [-0.25, -0.2) is 0 Å². The Balaban J connectivity index is 2.60. The Labute approximate surface area is 118 Å². The van der Waals surface area contributed by atoms with Gasteiger partial charge in [-0.2, -0.15) is 0 Å². The van der Waals surface area contributed by atoms with Crippen molar-refractivity contribution in [3.63, 3.8) is 0 Å². The number of amides is 1. The molecule has 1 aromatic heterocycles. The summed E-state index contributed by atoms with van der Waals surface area (Å²) >= 11 is 0. The SMILES string of the molecule is CCOCCCN(CCC(=O)O)C(=O)c1cccnc1. The standard InChI is InChI=1S/C14H20N2O4/c1-2-20-10-4-8-16(9-6-13(17)18)14(19)12-5-3-7-15-11-12/h3,5,7,11H,2,4,6,8-10H2,1H3,(H,17,18). The van der Waals surface area contributed by atoms with Gasteiger partial charge in [-0.3, -0.25) is 14.6 Å². The fourth-order valence-corrected chi connectivity index (χ4v) is 1.72. The van der Waals surface area contributed by atoms with Gasteiger partial charge in [-0.15, -0.1) is 0 Å². The van der Waals surface area contributed by atoms with E-state index in [2.05, 4.69) is 4.98 Å². The zero-order chi connectivity index (χ0) is 14.8. The molecular weight excluding hydrogens is 260 g/mol. The third-order valence-electron chi connectivity index (χ3n) is 2.71. The number of aromatic nitrogens is 1. The molecule has 20 heavy (non-hydrogen) atoms. The second kappa shape index (κ2) is 9.03.